The third-order valence-electron chi connectivity index (χ3n) is 5.45. The SMILES string of the molecule is O=S(=O)(Nc1cccc(CNc2cc(-c3ccccc3O)nc3c(Br)cnn23)c1)c1ccc(F)cc1F. The minimum Gasteiger partial charge on any atom is -0.507 e. The standard InChI is InChI=1S/C25H18BrF2N5O3S/c26-19-14-30-33-24(12-21(31-25(19)33)18-6-1-2-7-22(18)34)29-13-15-4-3-5-17(10-15)32-37(35,36)23-9-8-16(27)11-20(23)28/h1-12,14,29,32,34H,13H2. The average molecular weight is 586 g/mol. The summed E-state index contributed by atoms with van der Waals surface area (Å²) in [4.78, 5) is 3.94. The number of anilines is 2. The fraction of sp³-hybridized carbons (Fsp3) is 0.0400. The van der Waals surface area contributed by atoms with Gasteiger partial charge in [-0.25, -0.2) is 22.2 Å². The van der Waals surface area contributed by atoms with Crippen LogP contribution in [0.5, 0.6) is 5.75 Å². The highest BCUT2D eigenvalue weighted by Gasteiger charge is 2.20. The van der Waals surface area contributed by atoms with E-state index in [2.05, 4.69) is 36.1 Å². The topological polar surface area (TPSA) is 109 Å². The van der Waals surface area contributed by atoms with Crippen molar-refractivity contribution in [2.45, 2.75) is 11.4 Å². The zero-order valence-corrected chi connectivity index (χ0v) is 21.3. The molecule has 0 radical (unpaired) electrons. The van der Waals surface area contributed by atoms with E-state index in [0.29, 0.717) is 38.8 Å². The van der Waals surface area contributed by atoms with E-state index in [9.17, 15) is 22.3 Å². The zero-order chi connectivity index (χ0) is 26.2. The minimum absolute atomic E-state index is 0.0820. The van der Waals surface area contributed by atoms with Gasteiger partial charge >= 0.3 is 0 Å². The fourth-order valence-electron chi connectivity index (χ4n) is 3.73. The molecule has 3 aromatic carbocycles. The van der Waals surface area contributed by atoms with Crippen LogP contribution in [0.4, 0.5) is 20.3 Å². The molecule has 2 heterocycles. The molecule has 0 fully saturated rings. The summed E-state index contributed by atoms with van der Waals surface area (Å²) in [7, 11) is -4.27. The van der Waals surface area contributed by atoms with Crippen molar-refractivity contribution in [2.75, 3.05) is 10.0 Å². The van der Waals surface area contributed by atoms with Crippen LogP contribution in [0.3, 0.4) is 0 Å². The molecule has 5 aromatic rings. The first-order valence-corrected chi connectivity index (χ1v) is 13.1. The predicted octanol–water partition coefficient (Wildman–Crippen LogP) is 5.56. The van der Waals surface area contributed by atoms with Gasteiger partial charge in [-0.15, -0.1) is 0 Å². The summed E-state index contributed by atoms with van der Waals surface area (Å²) in [5, 5.41) is 17.9. The molecule has 0 saturated carbocycles. The van der Waals surface area contributed by atoms with Gasteiger partial charge in [0, 0.05) is 29.9 Å². The lowest BCUT2D eigenvalue weighted by atomic mass is 10.1. The van der Waals surface area contributed by atoms with Gasteiger partial charge in [0.2, 0.25) is 0 Å². The van der Waals surface area contributed by atoms with Crippen LogP contribution in [-0.2, 0) is 16.6 Å². The Morgan fingerprint density at radius 2 is 1.81 bits per heavy atom. The van der Waals surface area contributed by atoms with Crippen LogP contribution in [-0.4, -0.2) is 28.1 Å². The van der Waals surface area contributed by atoms with Gasteiger partial charge in [0.15, 0.2) is 5.65 Å². The Hall–Kier alpha value is -4.03. The van der Waals surface area contributed by atoms with Gasteiger partial charge in [-0.2, -0.15) is 9.61 Å². The van der Waals surface area contributed by atoms with Crippen molar-refractivity contribution in [3.63, 3.8) is 0 Å². The number of aromatic hydroxyl groups is 1. The first-order chi connectivity index (χ1) is 17.7. The van der Waals surface area contributed by atoms with Crippen LogP contribution >= 0.6 is 15.9 Å². The number of rotatable bonds is 7. The number of sulfonamides is 1. The van der Waals surface area contributed by atoms with E-state index in [0.717, 1.165) is 12.1 Å². The summed E-state index contributed by atoms with van der Waals surface area (Å²) in [5.74, 6) is -1.39. The second kappa shape index (κ2) is 9.79. The van der Waals surface area contributed by atoms with Crippen LogP contribution in [0.25, 0.3) is 16.9 Å². The van der Waals surface area contributed by atoms with Crippen molar-refractivity contribution >= 4 is 43.1 Å². The van der Waals surface area contributed by atoms with Gasteiger partial charge in [-0.05, 0) is 57.9 Å². The normalized spacial score (nSPS) is 11.5. The quantitative estimate of drug-likeness (QED) is 0.231. The number of hydrogen-bond donors (Lipinski definition) is 3. The molecule has 0 aliphatic heterocycles. The van der Waals surface area contributed by atoms with Gasteiger partial charge < -0.3 is 10.4 Å². The molecule has 0 spiro atoms. The van der Waals surface area contributed by atoms with E-state index in [1.807, 2.05) is 0 Å². The molecule has 188 valence electrons. The minimum atomic E-state index is -4.27. The first kappa shape index (κ1) is 24.7. The summed E-state index contributed by atoms with van der Waals surface area (Å²) in [6.45, 7) is 0.275. The highest BCUT2D eigenvalue weighted by atomic mass is 79.9. The number of phenols is 1. The highest BCUT2D eigenvalue weighted by molar-refractivity contribution is 9.10. The third-order valence-corrected chi connectivity index (χ3v) is 7.42. The number of fused-ring (bicyclic) bond motifs is 1. The molecule has 37 heavy (non-hydrogen) atoms. The maximum absolute atomic E-state index is 14.0. The Morgan fingerprint density at radius 3 is 2.59 bits per heavy atom. The van der Waals surface area contributed by atoms with Crippen molar-refractivity contribution in [3.05, 3.63) is 101 Å². The van der Waals surface area contributed by atoms with Crippen LogP contribution in [0.1, 0.15) is 5.56 Å². The molecule has 2 aromatic heterocycles. The van der Waals surface area contributed by atoms with Crippen LogP contribution in [0, 0.1) is 11.6 Å². The van der Waals surface area contributed by atoms with Gasteiger partial charge in [0.1, 0.15) is 28.1 Å². The molecule has 0 bridgehead atoms. The van der Waals surface area contributed by atoms with Crippen molar-refractivity contribution in [1.82, 2.24) is 14.6 Å². The van der Waals surface area contributed by atoms with E-state index in [-0.39, 0.29) is 18.0 Å². The van der Waals surface area contributed by atoms with Crippen molar-refractivity contribution in [2.24, 2.45) is 0 Å². The molecule has 0 amide bonds. The zero-order valence-electron chi connectivity index (χ0n) is 18.9. The maximum Gasteiger partial charge on any atom is 0.264 e. The average Bonchev–Trinajstić information content (AvgIpc) is 3.23. The van der Waals surface area contributed by atoms with E-state index in [1.54, 1.807) is 59.2 Å². The maximum atomic E-state index is 14.0. The Kier molecular flexibility index (Phi) is 6.52. The van der Waals surface area contributed by atoms with Crippen LogP contribution in [0.2, 0.25) is 0 Å². The Bertz CT molecular complexity index is 1740. The summed E-state index contributed by atoms with van der Waals surface area (Å²) in [5.41, 5.74) is 2.52. The van der Waals surface area contributed by atoms with Gasteiger partial charge in [-0.1, -0.05) is 24.3 Å². The van der Waals surface area contributed by atoms with Crippen LogP contribution in [0.15, 0.2) is 88.4 Å². The molecule has 12 heteroatoms. The number of hydrogen-bond acceptors (Lipinski definition) is 6. The molecule has 0 saturated heterocycles. The molecule has 3 N–H and O–H groups in total. The Balaban J connectivity index is 1.41. The van der Waals surface area contributed by atoms with Gasteiger partial charge in [-0.3, -0.25) is 4.72 Å². The molecular weight excluding hydrogens is 568 g/mol. The van der Waals surface area contributed by atoms with Gasteiger partial charge in [0.25, 0.3) is 10.0 Å². The molecule has 0 aliphatic carbocycles. The number of benzene rings is 3. The molecule has 8 nitrogen and oxygen atoms in total. The predicted molar refractivity (Wildman–Crippen MR) is 139 cm³/mol. The lowest BCUT2D eigenvalue weighted by molar-refractivity contribution is 0.477. The summed E-state index contributed by atoms with van der Waals surface area (Å²) in [6, 6.07) is 17.4. The number of nitrogens with one attached hydrogen (secondary N) is 2. The van der Waals surface area contributed by atoms with E-state index < -0.39 is 26.6 Å². The van der Waals surface area contributed by atoms with Crippen molar-refractivity contribution in [1.29, 1.82) is 0 Å². The molecule has 0 atom stereocenters. The number of para-hydroxylation sites is 1. The smallest absolute Gasteiger partial charge is 0.264 e. The van der Waals surface area contributed by atoms with Crippen molar-refractivity contribution < 1.29 is 22.3 Å². The molecule has 0 unspecified atom stereocenters. The third kappa shape index (κ3) is 5.11. The largest absolute Gasteiger partial charge is 0.507 e. The number of nitrogens with zero attached hydrogens (tertiary/aromatic N) is 3. The van der Waals surface area contributed by atoms with E-state index in [1.165, 1.54) is 6.07 Å². The van der Waals surface area contributed by atoms with Crippen LogP contribution < -0.4 is 10.0 Å². The fourth-order valence-corrected chi connectivity index (χ4v) is 5.19. The highest BCUT2D eigenvalue weighted by Crippen LogP contribution is 2.31. The lowest BCUT2D eigenvalue weighted by Crippen LogP contribution is -2.15. The molecule has 5 rings (SSSR count). The number of phenolic OH excluding ortho intramolecular Hbond substituents is 1. The first-order valence-electron chi connectivity index (χ1n) is 10.8. The van der Waals surface area contributed by atoms with E-state index >= 15 is 0 Å². The summed E-state index contributed by atoms with van der Waals surface area (Å²) >= 11 is 3.44. The second-order valence-corrected chi connectivity index (χ2v) is 10.5. The second-order valence-electron chi connectivity index (χ2n) is 8.01. The monoisotopic (exact) mass is 585 g/mol. The number of aromatic nitrogens is 3. The Morgan fingerprint density at radius 1 is 1.00 bits per heavy atom. The molecular formula is C25H18BrF2N5O3S. The van der Waals surface area contributed by atoms with E-state index in [4.69, 9.17) is 0 Å². The van der Waals surface area contributed by atoms with Crippen molar-refractivity contribution in [3.8, 4) is 17.0 Å². The Labute approximate surface area is 218 Å². The van der Waals surface area contributed by atoms with Gasteiger partial charge in [0.05, 0.1) is 16.4 Å². The summed E-state index contributed by atoms with van der Waals surface area (Å²) < 4.78 is 57.1. The number of halogens is 3. The lowest BCUT2D eigenvalue weighted by Gasteiger charge is -2.13. The summed E-state index contributed by atoms with van der Waals surface area (Å²) in [6.07, 6.45) is 1.60. The molecule has 0 aliphatic rings.